The van der Waals surface area contributed by atoms with Gasteiger partial charge in [0.1, 0.15) is 0 Å². The Kier molecular flexibility index (Phi) is 4.62. The zero-order valence-corrected chi connectivity index (χ0v) is 12.8. The molecule has 1 aromatic carbocycles. The van der Waals surface area contributed by atoms with Gasteiger partial charge in [-0.15, -0.1) is 11.3 Å². The average molecular weight is 377 g/mol. The Labute approximate surface area is 121 Å². The molecule has 0 spiro atoms. The van der Waals surface area contributed by atoms with E-state index in [0.717, 1.165) is 18.8 Å². The van der Waals surface area contributed by atoms with Gasteiger partial charge in [0.25, 0.3) is 0 Å². The summed E-state index contributed by atoms with van der Waals surface area (Å²) in [6.45, 7) is 0.0638. The first-order valence-corrected chi connectivity index (χ1v) is 7.48. The number of nitrogens with one attached hydrogen (secondary N) is 1. The van der Waals surface area contributed by atoms with Gasteiger partial charge in [-0.1, -0.05) is 18.2 Å². The first-order valence-electron chi connectivity index (χ1n) is 5.08. The van der Waals surface area contributed by atoms with Crippen LogP contribution in [-0.4, -0.2) is 11.7 Å². The summed E-state index contributed by atoms with van der Waals surface area (Å²) in [6.07, 6.45) is 0. The first-order chi connectivity index (χ1) is 8.20. The van der Waals surface area contributed by atoms with E-state index < -0.39 is 0 Å². The normalized spacial score (nSPS) is 12.4. The molecule has 0 radical (unpaired) electrons. The largest absolute Gasteiger partial charge is 0.394 e. The SMILES string of the molecule is OCC(Nc1ccccc1)c1cc(Br)c(Br)s1. The summed E-state index contributed by atoms with van der Waals surface area (Å²) in [7, 11) is 0. The predicted octanol–water partition coefficient (Wildman–Crippen LogP) is 4.42. The Hall–Kier alpha value is -0.360. The third kappa shape index (κ3) is 3.31. The van der Waals surface area contributed by atoms with E-state index in [1.54, 1.807) is 11.3 Å². The highest BCUT2D eigenvalue weighted by Gasteiger charge is 2.14. The molecular weight excluding hydrogens is 366 g/mol. The second-order valence-corrected chi connectivity index (χ2v) is 6.77. The number of aliphatic hydroxyl groups is 1. The molecule has 0 aliphatic carbocycles. The molecule has 2 N–H and O–H groups in total. The van der Waals surface area contributed by atoms with Gasteiger partial charge in [0.15, 0.2) is 0 Å². The molecule has 1 aromatic heterocycles. The number of thiophene rings is 1. The molecule has 0 saturated heterocycles. The summed E-state index contributed by atoms with van der Waals surface area (Å²) in [5, 5.41) is 12.8. The van der Waals surface area contributed by atoms with Crippen LogP contribution in [0.15, 0.2) is 44.7 Å². The molecule has 0 fully saturated rings. The molecule has 0 aliphatic heterocycles. The summed E-state index contributed by atoms with van der Waals surface area (Å²) in [6, 6.07) is 11.8. The fourth-order valence-corrected chi connectivity index (χ4v) is 3.61. The molecular formula is C12H11Br2NOS. The summed E-state index contributed by atoms with van der Waals surface area (Å²) >= 11 is 8.53. The summed E-state index contributed by atoms with van der Waals surface area (Å²) < 4.78 is 2.06. The molecule has 90 valence electrons. The second-order valence-electron chi connectivity index (χ2n) is 3.52. The van der Waals surface area contributed by atoms with Crippen molar-refractivity contribution in [1.29, 1.82) is 0 Å². The third-order valence-corrected chi connectivity index (χ3v) is 5.67. The van der Waals surface area contributed by atoms with Crippen LogP contribution in [0.1, 0.15) is 10.9 Å². The molecule has 1 heterocycles. The topological polar surface area (TPSA) is 32.3 Å². The maximum atomic E-state index is 9.45. The fraction of sp³-hybridized carbons (Fsp3) is 0.167. The Morgan fingerprint density at radius 1 is 1.24 bits per heavy atom. The molecule has 2 rings (SSSR count). The van der Waals surface area contributed by atoms with E-state index in [2.05, 4.69) is 37.2 Å². The Balaban J connectivity index is 2.17. The maximum Gasteiger partial charge on any atom is 0.0844 e. The number of hydrogen-bond donors (Lipinski definition) is 2. The van der Waals surface area contributed by atoms with Crippen molar-refractivity contribution in [2.24, 2.45) is 0 Å². The van der Waals surface area contributed by atoms with Crippen molar-refractivity contribution in [3.8, 4) is 0 Å². The Morgan fingerprint density at radius 2 is 1.94 bits per heavy atom. The van der Waals surface area contributed by atoms with Crippen molar-refractivity contribution in [3.05, 3.63) is 49.5 Å². The minimum absolute atomic E-state index is 0.0638. The van der Waals surface area contributed by atoms with E-state index in [9.17, 15) is 5.11 Å². The fourth-order valence-electron chi connectivity index (χ4n) is 1.48. The molecule has 1 atom stereocenters. The van der Waals surface area contributed by atoms with Crippen molar-refractivity contribution >= 4 is 48.9 Å². The average Bonchev–Trinajstić information content (AvgIpc) is 2.68. The lowest BCUT2D eigenvalue weighted by atomic mass is 10.2. The number of halogens is 2. The number of benzene rings is 1. The maximum absolute atomic E-state index is 9.45. The minimum atomic E-state index is -0.0787. The minimum Gasteiger partial charge on any atom is -0.394 e. The van der Waals surface area contributed by atoms with Crippen LogP contribution >= 0.6 is 43.2 Å². The van der Waals surface area contributed by atoms with Crippen LogP contribution in [0.2, 0.25) is 0 Å². The number of anilines is 1. The summed E-state index contributed by atoms with van der Waals surface area (Å²) in [5.41, 5.74) is 1.01. The zero-order chi connectivity index (χ0) is 12.3. The van der Waals surface area contributed by atoms with E-state index in [-0.39, 0.29) is 12.6 Å². The molecule has 0 saturated carbocycles. The van der Waals surface area contributed by atoms with E-state index >= 15 is 0 Å². The van der Waals surface area contributed by atoms with Gasteiger partial charge in [0.2, 0.25) is 0 Å². The van der Waals surface area contributed by atoms with Gasteiger partial charge in [-0.2, -0.15) is 0 Å². The third-order valence-electron chi connectivity index (χ3n) is 2.30. The van der Waals surface area contributed by atoms with Crippen molar-refractivity contribution < 1.29 is 5.11 Å². The van der Waals surface area contributed by atoms with E-state index in [1.807, 2.05) is 36.4 Å². The molecule has 2 aromatic rings. The first kappa shape index (κ1) is 13.1. The molecule has 0 aliphatic rings. The van der Waals surface area contributed by atoms with Gasteiger partial charge in [-0.25, -0.2) is 0 Å². The molecule has 17 heavy (non-hydrogen) atoms. The predicted molar refractivity (Wildman–Crippen MR) is 79.6 cm³/mol. The van der Waals surface area contributed by atoms with Gasteiger partial charge in [-0.3, -0.25) is 0 Å². The molecule has 0 amide bonds. The van der Waals surface area contributed by atoms with Crippen LogP contribution in [0.3, 0.4) is 0 Å². The highest BCUT2D eigenvalue weighted by molar-refractivity contribution is 9.13. The van der Waals surface area contributed by atoms with Crippen molar-refractivity contribution in [2.45, 2.75) is 6.04 Å². The second kappa shape index (κ2) is 6.00. The monoisotopic (exact) mass is 375 g/mol. The van der Waals surface area contributed by atoms with E-state index in [1.165, 1.54) is 0 Å². The number of rotatable bonds is 4. The highest BCUT2D eigenvalue weighted by Crippen LogP contribution is 2.36. The highest BCUT2D eigenvalue weighted by atomic mass is 79.9. The summed E-state index contributed by atoms with van der Waals surface area (Å²) in [4.78, 5) is 1.09. The molecule has 5 heteroatoms. The number of para-hydroxylation sites is 1. The van der Waals surface area contributed by atoms with E-state index in [0.29, 0.717) is 0 Å². The van der Waals surface area contributed by atoms with Crippen LogP contribution < -0.4 is 5.32 Å². The molecule has 2 nitrogen and oxygen atoms in total. The lowest BCUT2D eigenvalue weighted by molar-refractivity contribution is 0.278. The van der Waals surface area contributed by atoms with Crippen LogP contribution in [-0.2, 0) is 0 Å². The van der Waals surface area contributed by atoms with Crippen molar-refractivity contribution in [3.63, 3.8) is 0 Å². The molecule has 0 bridgehead atoms. The molecule has 1 unspecified atom stereocenters. The smallest absolute Gasteiger partial charge is 0.0844 e. The van der Waals surface area contributed by atoms with Gasteiger partial charge in [-0.05, 0) is 50.1 Å². The summed E-state index contributed by atoms with van der Waals surface area (Å²) in [5.74, 6) is 0. The van der Waals surface area contributed by atoms with E-state index in [4.69, 9.17) is 0 Å². The Morgan fingerprint density at radius 3 is 2.47 bits per heavy atom. The van der Waals surface area contributed by atoms with Crippen LogP contribution in [0.25, 0.3) is 0 Å². The van der Waals surface area contributed by atoms with Crippen LogP contribution in [0.4, 0.5) is 5.69 Å². The van der Waals surface area contributed by atoms with Gasteiger partial charge in [0.05, 0.1) is 16.4 Å². The van der Waals surface area contributed by atoms with Gasteiger partial charge >= 0.3 is 0 Å². The van der Waals surface area contributed by atoms with Crippen LogP contribution in [0.5, 0.6) is 0 Å². The quantitative estimate of drug-likeness (QED) is 0.827. The standard InChI is InChI=1S/C12H11Br2NOS/c13-9-6-11(17-12(9)14)10(7-16)15-8-4-2-1-3-5-8/h1-6,10,15-16H,7H2. The number of aliphatic hydroxyl groups excluding tert-OH is 1. The van der Waals surface area contributed by atoms with Gasteiger partial charge < -0.3 is 10.4 Å². The van der Waals surface area contributed by atoms with Crippen molar-refractivity contribution in [2.75, 3.05) is 11.9 Å². The number of hydrogen-bond acceptors (Lipinski definition) is 3. The Bertz CT molecular complexity index is 467. The van der Waals surface area contributed by atoms with Crippen molar-refractivity contribution in [1.82, 2.24) is 0 Å². The zero-order valence-electron chi connectivity index (χ0n) is 8.86. The lowest BCUT2D eigenvalue weighted by Gasteiger charge is -2.15. The van der Waals surface area contributed by atoms with Crippen LogP contribution in [0, 0.1) is 0 Å². The lowest BCUT2D eigenvalue weighted by Crippen LogP contribution is -2.13. The van der Waals surface area contributed by atoms with Gasteiger partial charge in [0, 0.05) is 15.0 Å².